The first-order valence-corrected chi connectivity index (χ1v) is 6.87. The van der Waals surface area contributed by atoms with E-state index in [2.05, 4.69) is 0 Å². The molecule has 2 heterocycles. The number of nitriles is 1. The molecule has 0 saturated carbocycles. The molecule has 2 saturated heterocycles. The van der Waals surface area contributed by atoms with E-state index in [9.17, 15) is 14.7 Å². The van der Waals surface area contributed by atoms with Crippen LogP contribution in [0.25, 0.3) is 0 Å². The summed E-state index contributed by atoms with van der Waals surface area (Å²) < 4.78 is 0. The van der Waals surface area contributed by atoms with Crippen molar-refractivity contribution in [3.8, 4) is 6.07 Å². The number of anilines is 1. The molecule has 2 aliphatic heterocycles. The normalized spacial score (nSPS) is 24.5. The van der Waals surface area contributed by atoms with Crippen molar-refractivity contribution >= 4 is 29.2 Å². The summed E-state index contributed by atoms with van der Waals surface area (Å²) in [6, 6.07) is 3.70. The van der Waals surface area contributed by atoms with Gasteiger partial charge in [0.15, 0.2) is 0 Å². The average molecular weight is 306 g/mol. The van der Waals surface area contributed by atoms with Crippen LogP contribution in [0.1, 0.15) is 17.5 Å². The lowest BCUT2D eigenvalue weighted by molar-refractivity contribution is -0.121. The van der Waals surface area contributed by atoms with Crippen molar-refractivity contribution in [3.05, 3.63) is 28.3 Å². The van der Waals surface area contributed by atoms with Crippen LogP contribution in [-0.2, 0) is 4.79 Å². The molecular weight excluding hydrogens is 294 g/mol. The molecular formula is C14H12ClN3O3. The Balaban J connectivity index is 2.07. The topological polar surface area (TPSA) is 84.6 Å². The largest absolute Gasteiger partial charge is 0.390 e. The number of rotatable bonds is 1. The van der Waals surface area contributed by atoms with Gasteiger partial charge in [-0.3, -0.25) is 4.79 Å². The molecule has 6 nitrogen and oxygen atoms in total. The van der Waals surface area contributed by atoms with Gasteiger partial charge in [0.05, 0.1) is 28.4 Å². The van der Waals surface area contributed by atoms with Gasteiger partial charge >= 0.3 is 6.03 Å². The van der Waals surface area contributed by atoms with Crippen LogP contribution in [0.4, 0.5) is 10.5 Å². The third kappa shape index (κ3) is 1.82. The van der Waals surface area contributed by atoms with Gasteiger partial charge in [0.2, 0.25) is 0 Å². The minimum Gasteiger partial charge on any atom is -0.390 e. The maximum atomic E-state index is 12.4. The Kier molecular flexibility index (Phi) is 3.12. The van der Waals surface area contributed by atoms with Crippen molar-refractivity contribution in [2.45, 2.75) is 25.5 Å². The highest BCUT2D eigenvalue weighted by atomic mass is 35.5. The predicted octanol–water partition coefficient (Wildman–Crippen LogP) is 1.42. The molecule has 0 radical (unpaired) electrons. The van der Waals surface area contributed by atoms with Crippen molar-refractivity contribution < 1.29 is 14.7 Å². The molecule has 1 aromatic carbocycles. The van der Waals surface area contributed by atoms with Crippen LogP contribution in [-0.4, -0.2) is 40.6 Å². The van der Waals surface area contributed by atoms with E-state index in [1.165, 1.54) is 17.0 Å². The molecule has 0 aromatic heterocycles. The lowest BCUT2D eigenvalue weighted by Gasteiger charge is -2.18. The quantitative estimate of drug-likeness (QED) is 0.795. The van der Waals surface area contributed by atoms with Gasteiger partial charge in [0.25, 0.3) is 5.91 Å². The first-order chi connectivity index (χ1) is 9.97. The maximum absolute atomic E-state index is 12.4. The highest BCUT2D eigenvalue weighted by Crippen LogP contribution is 2.37. The molecule has 3 rings (SSSR count). The van der Waals surface area contributed by atoms with Gasteiger partial charge in [-0.1, -0.05) is 11.6 Å². The summed E-state index contributed by atoms with van der Waals surface area (Å²) in [5, 5.41) is 19.0. The van der Waals surface area contributed by atoms with Gasteiger partial charge in [0.1, 0.15) is 6.04 Å². The SMILES string of the molecule is Cc1c(C#N)ccc(N2C(=O)[C@@H]3[C@H](O)CCN3C2=O)c1Cl. The number of carbonyl (C=O) groups excluding carboxylic acids is 2. The monoisotopic (exact) mass is 305 g/mol. The number of aliphatic hydroxyl groups is 1. The minimum atomic E-state index is -0.843. The highest BCUT2D eigenvalue weighted by molar-refractivity contribution is 6.36. The third-order valence-corrected chi connectivity index (χ3v) is 4.48. The summed E-state index contributed by atoms with van der Waals surface area (Å²) in [5.41, 5.74) is 1.16. The molecule has 2 fully saturated rings. The number of urea groups is 1. The van der Waals surface area contributed by atoms with E-state index in [4.69, 9.17) is 16.9 Å². The second kappa shape index (κ2) is 4.72. The summed E-state index contributed by atoms with van der Waals surface area (Å²) in [6.07, 6.45) is -0.444. The van der Waals surface area contributed by atoms with Crippen LogP contribution in [0.2, 0.25) is 5.02 Å². The van der Waals surface area contributed by atoms with E-state index in [0.29, 0.717) is 24.1 Å². The number of aliphatic hydroxyl groups excluding tert-OH is 1. The Morgan fingerprint density at radius 1 is 1.43 bits per heavy atom. The first kappa shape index (κ1) is 13.9. The molecule has 0 spiro atoms. The fourth-order valence-corrected chi connectivity index (χ4v) is 3.08. The fourth-order valence-electron chi connectivity index (χ4n) is 2.83. The van der Waals surface area contributed by atoms with Crippen molar-refractivity contribution in [2.24, 2.45) is 0 Å². The predicted molar refractivity (Wildman–Crippen MR) is 74.9 cm³/mol. The number of nitrogens with zero attached hydrogens (tertiary/aromatic N) is 3. The fraction of sp³-hybridized carbons (Fsp3) is 0.357. The molecule has 3 amide bonds. The molecule has 2 aliphatic rings. The molecule has 1 aromatic rings. The smallest absolute Gasteiger partial charge is 0.332 e. The molecule has 108 valence electrons. The standard InChI is InChI=1S/C14H12ClN3O3/c1-7-8(6-16)2-3-9(11(7)15)18-13(20)12-10(19)4-5-17(12)14(18)21/h2-3,10,12,19H,4-5H2,1H3/t10-,12+/m1/s1. The number of amides is 3. The van der Waals surface area contributed by atoms with Gasteiger partial charge in [-0.05, 0) is 31.0 Å². The van der Waals surface area contributed by atoms with Crippen molar-refractivity contribution in [3.63, 3.8) is 0 Å². The van der Waals surface area contributed by atoms with Gasteiger partial charge in [-0.25, -0.2) is 9.69 Å². The minimum absolute atomic E-state index is 0.200. The van der Waals surface area contributed by atoms with Gasteiger partial charge in [-0.15, -0.1) is 0 Å². The number of hydrogen-bond donors (Lipinski definition) is 1. The number of imide groups is 1. The van der Waals surface area contributed by atoms with Crippen molar-refractivity contribution in [1.82, 2.24) is 4.90 Å². The first-order valence-electron chi connectivity index (χ1n) is 6.49. The zero-order valence-corrected chi connectivity index (χ0v) is 12.0. The van der Waals surface area contributed by atoms with Gasteiger partial charge < -0.3 is 10.0 Å². The van der Waals surface area contributed by atoms with Crippen LogP contribution < -0.4 is 4.90 Å². The summed E-state index contributed by atoms with van der Waals surface area (Å²) in [5.74, 6) is -0.476. The lowest BCUT2D eigenvalue weighted by atomic mass is 10.1. The van der Waals surface area contributed by atoms with Crippen LogP contribution in [0.5, 0.6) is 0 Å². The lowest BCUT2D eigenvalue weighted by Crippen LogP contribution is -2.36. The van der Waals surface area contributed by atoms with Crippen LogP contribution in [0.3, 0.4) is 0 Å². The number of hydrogen-bond acceptors (Lipinski definition) is 4. The summed E-state index contributed by atoms with van der Waals surface area (Å²) >= 11 is 6.20. The number of benzene rings is 1. The zero-order chi connectivity index (χ0) is 15.3. The zero-order valence-electron chi connectivity index (χ0n) is 11.2. The number of halogens is 1. The van der Waals surface area contributed by atoms with Crippen LogP contribution in [0.15, 0.2) is 12.1 Å². The van der Waals surface area contributed by atoms with Gasteiger partial charge in [-0.2, -0.15) is 5.26 Å². The summed E-state index contributed by atoms with van der Waals surface area (Å²) in [7, 11) is 0. The molecule has 7 heteroatoms. The van der Waals surface area contributed by atoms with E-state index in [1.54, 1.807) is 6.92 Å². The Morgan fingerprint density at radius 2 is 2.14 bits per heavy atom. The van der Waals surface area contributed by atoms with E-state index in [1.807, 2.05) is 6.07 Å². The van der Waals surface area contributed by atoms with Crippen LogP contribution >= 0.6 is 11.6 Å². The average Bonchev–Trinajstić information content (AvgIpc) is 2.95. The van der Waals surface area contributed by atoms with Crippen molar-refractivity contribution in [2.75, 3.05) is 11.4 Å². The molecule has 0 aliphatic carbocycles. The molecule has 0 bridgehead atoms. The summed E-state index contributed by atoms with van der Waals surface area (Å²) in [6.45, 7) is 2.01. The number of fused-ring (bicyclic) bond motifs is 1. The van der Waals surface area contributed by atoms with E-state index < -0.39 is 24.1 Å². The Morgan fingerprint density at radius 3 is 2.76 bits per heavy atom. The molecule has 21 heavy (non-hydrogen) atoms. The van der Waals surface area contributed by atoms with E-state index in [-0.39, 0.29) is 10.7 Å². The van der Waals surface area contributed by atoms with Crippen molar-refractivity contribution in [1.29, 1.82) is 5.26 Å². The third-order valence-electron chi connectivity index (χ3n) is 4.00. The Hall–Kier alpha value is -2.10. The maximum Gasteiger partial charge on any atom is 0.332 e. The second-order valence-electron chi connectivity index (χ2n) is 5.13. The second-order valence-corrected chi connectivity index (χ2v) is 5.51. The summed E-state index contributed by atoms with van der Waals surface area (Å²) in [4.78, 5) is 27.1. The molecule has 0 unspecified atom stereocenters. The van der Waals surface area contributed by atoms with E-state index >= 15 is 0 Å². The van der Waals surface area contributed by atoms with Crippen LogP contribution in [0, 0.1) is 18.3 Å². The van der Waals surface area contributed by atoms with E-state index in [0.717, 1.165) is 4.90 Å². The number of carbonyl (C=O) groups is 2. The highest BCUT2D eigenvalue weighted by Gasteiger charge is 2.52. The Labute approximate surface area is 126 Å². The van der Waals surface area contributed by atoms with Gasteiger partial charge in [0, 0.05) is 6.54 Å². The Bertz CT molecular complexity index is 697. The molecule has 1 N–H and O–H groups in total. The molecule has 2 atom stereocenters.